The van der Waals surface area contributed by atoms with Crippen LogP contribution in [0.1, 0.15) is 33.6 Å². The van der Waals surface area contributed by atoms with Gasteiger partial charge >= 0.3 is 0 Å². The Morgan fingerprint density at radius 3 is 2.43 bits per heavy atom. The van der Waals surface area contributed by atoms with Gasteiger partial charge in [-0.1, -0.05) is 13.8 Å². The molecule has 0 aliphatic carbocycles. The van der Waals surface area contributed by atoms with Gasteiger partial charge in [-0.05, 0) is 25.8 Å². The summed E-state index contributed by atoms with van der Waals surface area (Å²) in [5.74, 6) is 0.877. The zero-order valence-electron chi connectivity index (χ0n) is 9.27. The lowest BCUT2D eigenvalue weighted by Gasteiger charge is -2.20. The first-order valence-electron chi connectivity index (χ1n) is 5.41. The number of rotatable bonds is 1. The van der Waals surface area contributed by atoms with Gasteiger partial charge in [0, 0.05) is 25.0 Å². The quantitative estimate of drug-likeness (QED) is 0.686. The largest absolute Gasteiger partial charge is 0.338 e. The number of nitrogens with zero attached hydrogens (tertiary/aromatic N) is 3. The summed E-state index contributed by atoms with van der Waals surface area (Å²) in [5.41, 5.74) is 0. The highest BCUT2D eigenvalue weighted by atomic mass is 15.3. The number of hydrogen-bond donors (Lipinski definition) is 0. The zero-order chi connectivity index (χ0) is 10.4. The van der Waals surface area contributed by atoms with E-state index in [0.717, 1.165) is 12.5 Å². The molecule has 0 spiro atoms. The highest BCUT2D eigenvalue weighted by Crippen LogP contribution is 2.20. The monoisotopic (exact) mass is 193 g/mol. The number of aromatic nitrogens is 2. The number of anilines is 1. The minimum Gasteiger partial charge on any atom is -0.338 e. The first-order valence-corrected chi connectivity index (χ1v) is 5.41. The molecule has 0 bridgehead atoms. The lowest BCUT2D eigenvalue weighted by molar-refractivity contribution is 0.717. The van der Waals surface area contributed by atoms with Gasteiger partial charge in [-0.3, -0.25) is 0 Å². The van der Waals surface area contributed by atoms with Crippen LogP contribution in [0.2, 0.25) is 0 Å². The van der Waals surface area contributed by atoms with Gasteiger partial charge in [0.2, 0.25) is 5.95 Å². The second-order valence-corrected chi connectivity index (χ2v) is 3.23. The van der Waals surface area contributed by atoms with E-state index in [0.29, 0.717) is 6.04 Å². The Morgan fingerprint density at radius 2 is 1.93 bits per heavy atom. The fourth-order valence-electron chi connectivity index (χ4n) is 1.67. The molecule has 3 nitrogen and oxygen atoms in total. The maximum absolute atomic E-state index is 4.23. The topological polar surface area (TPSA) is 29.0 Å². The Bertz CT molecular complexity index is 248. The molecule has 1 fully saturated rings. The smallest absolute Gasteiger partial charge is 0.225 e. The lowest BCUT2D eigenvalue weighted by atomic mass is 10.2. The third kappa shape index (κ3) is 2.44. The molecule has 1 atom stereocenters. The van der Waals surface area contributed by atoms with E-state index in [1.54, 1.807) is 12.4 Å². The van der Waals surface area contributed by atoms with Crippen molar-refractivity contribution >= 4 is 5.95 Å². The standard InChI is InChI=1S/C9H13N3.C2H6/c1-8-4-2-7-12(8)9-10-5-3-6-11-9;1-2/h3,5-6,8H,2,4,7H2,1H3;1-2H3. The molecule has 1 aromatic rings. The molecule has 3 heteroatoms. The predicted octanol–water partition coefficient (Wildman–Crippen LogP) is 2.49. The van der Waals surface area contributed by atoms with Crippen molar-refractivity contribution < 1.29 is 0 Å². The van der Waals surface area contributed by atoms with Crippen LogP contribution >= 0.6 is 0 Å². The second kappa shape index (κ2) is 5.58. The maximum atomic E-state index is 4.23. The van der Waals surface area contributed by atoms with Gasteiger partial charge in [-0.2, -0.15) is 0 Å². The average molecular weight is 193 g/mol. The normalized spacial score (nSPS) is 20.2. The molecule has 1 aliphatic rings. The van der Waals surface area contributed by atoms with Crippen LogP contribution in [0, 0.1) is 0 Å². The Morgan fingerprint density at radius 1 is 1.29 bits per heavy atom. The highest BCUT2D eigenvalue weighted by Gasteiger charge is 2.21. The van der Waals surface area contributed by atoms with Crippen LogP contribution in [-0.4, -0.2) is 22.6 Å². The summed E-state index contributed by atoms with van der Waals surface area (Å²) in [4.78, 5) is 10.7. The Hall–Kier alpha value is -1.12. The van der Waals surface area contributed by atoms with E-state index in [4.69, 9.17) is 0 Å². The van der Waals surface area contributed by atoms with E-state index in [9.17, 15) is 0 Å². The first kappa shape index (κ1) is 11.0. The van der Waals surface area contributed by atoms with E-state index in [1.807, 2.05) is 19.9 Å². The summed E-state index contributed by atoms with van der Waals surface area (Å²) < 4.78 is 0. The molecule has 1 unspecified atom stereocenters. The molecular weight excluding hydrogens is 174 g/mol. The molecule has 1 aromatic heterocycles. The van der Waals surface area contributed by atoms with E-state index in [-0.39, 0.29) is 0 Å². The summed E-state index contributed by atoms with van der Waals surface area (Å²) in [5, 5.41) is 0. The SMILES string of the molecule is CC.CC1CCCN1c1ncccn1. The highest BCUT2D eigenvalue weighted by molar-refractivity contribution is 5.31. The summed E-state index contributed by atoms with van der Waals surface area (Å²) in [6, 6.07) is 2.46. The van der Waals surface area contributed by atoms with Gasteiger partial charge in [0.05, 0.1) is 0 Å². The van der Waals surface area contributed by atoms with Crippen LogP contribution in [0.4, 0.5) is 5.95 Å². The average Bonchev–Trinajstić information content (AvgIpc) is 2.69. The van der Waals surface area contributed by atoms with Gasteiger partial charge in [0.25, 0.3) is 0 Å². The van der Waals surface area contributed by atoms with Crippen molar-refractivity contribution in [2.45, 2.75) is 39.7 Å². The fourth-order valence-corrected chi connectivity index (χ4v) is 1.67. The molecule has 2 heterocycles. The Labute approximate surface area is 86.2 Å². The third-order valence-corrected chi connectivity index (χ3v) is 2.36. The molecule has 0 N–H and O–H groups in total. The maximum Gasteiger partial charge on any atom is 0.225 e. The molecule has 2 rings (SSSR count). The molecule has 0 aromatic carbocycles. The van der Waals surface area contributed by atoms with Crippen LogP contribution in [0.5, 0.6) is 0 Å². The van der Waals surface area contributed by atoms with Crippen LogP contribution in [0.25, 0.3) is 0 Å². The van der Waals surface area contributed by atoms with Crippen molar-refractivity contribution in [3.05, 3.63) is 18.5 Å². The van der Waals surface area contributed by atoms with Crippen molar-refractivity contribution in [2.75, 3.05) is 11.4 Å². The van der Waals surface area contributed by atoms with Crippen LogP contribution < -0.4 is 4.90 Å². The molecule has 0 radical (unpaired) electrons. The minimum atomic E-state index is 0.604. The Balaban J connectivity index is 0.000000461. The van der Waals surface area contributed by atoms with E-state index in [1.165, 1.54) is 12.8 Å². The van der Waals surface area contributed by atoms with Gasteiger partial charge in [0.1, 0.15) is 0 Å². The van der Waals surface area contributed by atoms with Crippen LogP contribution in [-0.2, 0) is 0 Å². The zero-order valence-corrected chi connectivity index (χ0v) is 9.27. The molecular formula is C11H19N3. The summed E-state index contributed by atoms with van der Waals surface area (Å²) >= 11 is 0. The fraction of sp³-hybridized carbons (Fsp3) is 0.636. The molecule has 0 amide bonds. The summed E-state index contributed by atoms with van der Waals surface area (Å²) in [6.45, 7) is 7.33. The molecule has 1 saturated heterocycles. The van der Waals surface area contributed by atoms with Crippen molar-refractivity contribution in [2.24, 2.45) is 0 Å². The van der Waals surface area contributed by atoms with Gasteiger partial charge < -0.3 is 4.90 Å². The summed E-state index contributed by atoms with van der Waals surface area (Å²) in [7, 11) is 0. The summed E-state index contributed by atoms with van der Waals surface area (Å²) in [6.07, 6.45) is 6.12. The van der Waals surface area contributed by atoms with Crippen molar-refractivity contribution in [3.8, 4) is 0 Å². The van der Waals surface area contributed by atoms with E-state index < -0.39 is 0 Å². The van der Waals surface area contributed by atoms with Crippen molar-refractivity contribution in [1.29, 1.82) is 0 Å². The van der Waals surface area contributed by atoms with Crippen LogP contribution in [0.3, 0.4) is 0 Å². The van der Waals surface area contributed by atoms with Gasteiger partial charge in [0.15, 0.2) is 0 Å². The molecule has 78 valence electrons. The van der Waals surface area contributed by atoms with Gasteiger partial charge in [-0.15, -0.1) is 0 Å². The van der Waals surface area contributed by atoms with Crippen LogP contribution in [0.15, 0.2) is 18.5 Å². The van der Waals surface area contributed by atoms with Crippen molar-refractivity contribution in [1.82, 2.24) is 9.97 Å². The van der Waals surface area contributed by atoms with E-state index >= 15 is 0 Å². The lowest BCUT2D eigenvalue weighted by Crippen LogP contribution is -2.27. The predicted molar refractivity (Wildman–Crippen MR) is 59.4 cm³/mol. The molecule has 0 saturated carbocycles. The number of hydrogen-bond acceptors (Lipinski definition) is 3. The Kier molecular flexibility index (Phi) is 4.36. The molecule has 1 aliphatic heterocycles. The van der Waals surface area contributed by atoms with Gasteiger partial charge in [-0.25, -0.2) is 9.97 Å². The third-order valence-electron chi connectivity index (χ3n) is 2.36. The van der Waals surface area contributed by atoms with Crippen molar-refractivity contribution in [3.63, 3.8) is 0 Å². The van der Waals surface area contributed by atoms with E-state index in [2.05, 4.69) is 21.8 Å². The minimum absolute atomic E-state index is 0.604. The first-order chi connectivity index (χ1) is 6.88. The second-order valence-electron chi connectivity index (χ2n) is 3.23. The molecule has 14 heavy (non-hydrogen) atoms.